The topological polar surface area (TPSA) is 135 Å². The van der Waals surface area contributed by atoms with E-state index in [1.165, 1.54) is 4.90 Å². The molecule has 7 atom stereocenters. The number of aliphatic hydroxyl groups excluding tert-OH is 1. The largest absolute Gasteiger partial charge is 0.497 e. The minimum atomic E-state index is -1.53. The number of carbonyl (C=O) groups is 4. The molecule has 0 aliphatic carbocycles. The first-order valence-electron chi connectivity index (χ1n) is 17.4. The Morgan fingerprint density at radius 1 is 0.962 bits per heavy atom. The summed E-state index contributed by atoms with van der Waals surface area (Å²) in [6.07, 6.45) is 5.26. The summed E-state index contributed by atoms with van der Waals surface area (Å²) in [5, 5.41) is 14.0. The van der Waals surface area contributed by atoms with E-state index in [4.69, 9.17) is 14.2 Å². The Labute approximate surface area is 310 Å². The summed E-state index contributed by atoms with van der Waals surface area (Å²) in [6, 6.07) is 22.9. The average Bonchev–Trinajstić information content (AvgIpc) is 3.77. The van der Waals surface area contributed by atoms with Gasteiger partial charge < -0.3 is 34.4 Å². The van der Waals surface area contributed by atoms with Crippen LogP contribution in [-0.4, -0.2) is 84.4 Å². The van der Waals surface area contributed by atoms with Gasteiger partial charge in [0.15, 0.2) is 0 Å². The lowest BCUT2D eigenvalue weighted by Gasteiger charge is -2.38. The standard InChI is InChI=1S/C40H40BrN3O8/c1-50-29-18-16-27(17-19-29)43-20-10-4-9-15-32(46)51-24-31(26-13-7-3-8-14-26)42-37(47)33-34-38(48)44(28(23-45)21-25-11-5-2-6-12-25)36(39(43)49)40(34)22-30(41)35(33)52-40/h2-8,10-14,16-19,22,28,31,33-36,45H,9,15,20-21,23-24H2,1H3,(H,42,47)/b10-4-/t28-,31+,33+,34-,35+,36+,40-/m1/s1. The summed E-state index contributed by atoms with van der Waals surface area (Å²) >= 11 is 3.63. The maximum Gasteiger partial charge on any atom is 0.306 e. The fourth-order valence-electron chi connectivity index (χ4n) is 7.92. The first kappa shape index (κ1) is 35.6. The number of aliphatic hydroxyl groups is 1. The molecular formula is C40H40BrN3O8. The number of anilines is 1. The van der Waals surface area contributed by atoms with Gasteiger partial charge in [-0.15, -0.1) is 0 Å². The van der Waals surface area contributed by atoms with Gasteiger partial charge in [0, 0.05) is 23.1 Å². The van der Waals surface area contributed by atoms with Crippen LogP contribution in [0.5, 0.6) is 5.75 Å². The second-order valence-corrected chi connectivity index (χ2v) is 14.3. The first-order valence-corrected chi connectivity index (χ1v) is 18.2. The number of benzene rings is 3. The molecule has 4 heterocycles. The third-order valence-corrected chi connectivity index (χ3v) is 11.0. The first-order chi connectivity index (χ1) is 25.3. The van der Waals surface area contributed by atoms with E-state index in [9.17, 15) is 19.5 Å². The van der Waals surface area contributed by atoms with E-state index in [-0.39, 0.29) is 26.0 Å². The molecule has 3 amide bonds. The maximum absolute atomic E-state index is 15.3. The van der Waals surface area contributed by atoms with Crippen LogP contribution in [0.15, 0.2) is 108 Å². The summed E-state index contributed by atoms with van der Waals surface area (Å²) < 4.78 is 18.3. The van der Waals surface area contributed by atoms with E-state index in [0.717, 1.165) is 11.1 Å². The summed E-state index contributed by atoms with van der Waals surface area (Å²) in [5.41, 5.74) is 0.608. The molecule has 52 heavy (non-hydrogen) atoms. The summed E-state index contributed by atoms with van der Waals surface area (Å²) in [6.45, 7) is -0.433. The SMILES string of the molecule is COc1ccc(N2C/C=C\CCC(=O)OC[C@@H](c3ccccc3)NC(=O)[C@@H]3[C@H]4O[C@@]5(C=C4Br)[C@H](C2=O)N([C@@H](CO)Cc2ccccc2)C(=O)[C@@H]35)cc1. The molecule has 12 heteroatoms. The lowest BCUT2D eigenvalue weighted by molar-refractivity contribution is -0.146. The number of fused-ring (bicyclic) bond motifs is 2. The van der Waals surface area contributed by atoms with Crippen molar-refractivity contribution < 1.29 is 38.5 Å². The second kappa shape index (κ2) is 15.1. The molecule has 3 aromatic carbocycles. The average molecular weight is 771 g/mol. The molecular weight excluding hydrogens is 730 g/mol. The number of allylic oxidation sites excluding steroid dienone is 1. The number of hydrogen-bond donors (Lipinski definition) is 2. The molecule has 0 saturated carbocycles. The quantitative estimate of drug-likeness (QED) is 0.269. The van der Waals surface area contributed by atoms with Crippen LogP contribution in [0, 0.1) is 11.8 Å². The van der Waals surface area contributed by atoms with E-state index >= 15 is 4.79 Å². The van der Waals surface area contributed by atoms with Crippen LogP contribution < -0.4 is 15.0 Å². The number of likely N-dealkylation sites (tertiary alicyclic amines) is 1. The number of cyclic esters (lactones) is 1. The number of methoxy groups -OCH3 is 1. The normalized spacial score (nSPS) is 28.9. The van der Waals surface area contributed by atoms with Gasteiger partial charge in [0.25, 0.3) is 5.91 Å². The Balaban J connectivity index is 1.35. The third-order valence-electron chi connectivity index (χ3n) is 10.4. The minimum absolute atomic E-state index is 0.103. The number of halogens is 1. The molecule has 1 spiro atoms. The Bertz CT molecular complexity index is 1870. The number of nitrogens with zero attached hydrogens (tertiary/aromatic N) is 2. The number of carbonyl (C=O) groups excluding carboxylic acids is 4. The Morgan fingerprint density at radius 3 is 2.37 bits per heavy atom. The number of hydrogen-bond acceptors (Lipinski definition) is 8. The van der Waals surface area contributed by atoms with Crippen molar-refractivity contribution in [3.05, 3.63) is 119 Å². The van der Waals surface area contributed by atoms with Crippen LogP contribution in [0.1, 0.15) is 30.0 Å². The Hall–Kier alpha value is -4.78. The van der Waals surface area contributed by atoms with Gasteiger partial charge in [-0.3, -0.25) is 19.2 Å². The van der Waals surface area contributed by atoms with Crippen molar-refractivity contribution in [1.29, 1.82) is 0 Å². The van der Waals surface area contributed by atoms with Crippen LogP contribution in [0.3, 0.4) is 0 Å². The van der Waals surface area contributed by atoms with E-state index in [2.05, 4.69) is 21.2 Å². The van der Waals surface area contributed by atoms with Crippen LogP contribution >= 0.6 is 15.9 Å². The zero-order chi connectivity index (χ0) is 36.4. The lowest BCUT2D eigenvalue weighted by Crippen LogP contribution is -2.59. The van der Waals surface area contributed by atoms with E-state index in [0.29, 0.717) is 22.3 Å². The van der Waals surface area contributed by atoms with Gasteiger partial charge in [-0.05, 0) is 54.3 Å². The van der Waals surface area contributed by atoms with E-state index in [1.54, 1.807) is 48.4 Å². The molecule has 2 N–H and O–H groups in total. The van der Waals surface area contributed by atoms with Crippen LogP contribution in [0.25, 0.3) is 0 Å². The van der Waals surface area contributed by atoms with Crippen molar-refractivity contribution in [1.82, 2.24) is 10.2 Å². The summed E-state index contributed by atoms with van der Waals surface area (Å²) in [4.78, 5) is 60.6. The highest BCUT2D eigenvalue weighted by Gasteiger charge is 2.75. The molecule has 4 aliphatic heterocycles. The van der Waals surface area contributed by atoms with Crippen molar-refractivity contribution >= 4 is 45.3 Å². The molecule has 4 aliphatic rings. The van der Waals surface area contributed by atoms with E-state index < -0.39 is 72.0 Å². The van der Waals surface area contributed by atoms with Gasteiger partial charge in [0.2, 0.25) is 11.8 Å². The minimum Gasteiger partial charge on any atom is -0.497 e. The zero-order valence-corrected chi connectivity index (χ0v) is 30.2. The molecule has 2 saturated heterocycles. The third kappa shape index (κ3) is 6.55. The molecule has 270 valence electrons. The lowest BCUT2D eigenvalue weighted by atomic mass is 9.74. The van der Waals surface area contributed by atoms with Gasteiger partial charge in [-0.25, -0.2) is 0 Å². The van der Waals surface area contributed by atoms with Gasteiger partial charge in [0.05, 0.1) is 37.6 Å². The maximum atomic E-state index is 15.3. The molecule has 0 unspecified atom stereocenters. The number of nitrogens with one attached hydrogen (secondary N) is 1. The molecule has 7 rings (SSSR count). The number of amides is 3. The van der Waals surface area contributed by atoms with Crippen molar-refractivity contribution in [2.75, 3.05) is 31.8 Å². The Morgan fingerprint density at radius 2 is 1.67 bits per heavy atom. The second-order valence-electron chi connectivity index (χ2n) is 13.4. The monoisotopic (exact) mass is 769 g/mol. The molecule has 0 aromatic heterocycles. The zero-order valence-electron chi connectivity index (χ0n) is 28.6. The highest BCUT2D eigenvalue weighted by molar-refractivity contribution is 9.11. The summed E-state index contributed by atoms with van der Waals surface area (Å²) in [7, 11) is 1.55. The highest BCUT2D eigenvalue weighted by Crippen LogP contribution is 2.59. The predicted octanol–water partition coefficient (Wildman–Crippen LogP) is 4.26. The van der Waals surface area contributed by atoms with Gasteiger partial charge in [-0.2, -0.15) is 0 Å². The molecule has 11 nitrogen and oxygen atoms in total. The van der Waals surface area contributed by atoms with Crippen molar-refractivity contribution in [2.24, 2.45) is 11.8 Å². The molecule has 3 aromatic rings. The van der Waals surface area contributed by atoms with Crippen molar-refractivity contribution in [3.8, 4) is 5.75 Å². The number of rotatable bonds is 7. The number of esters is 1. The highest BCUT2D eigenvalue weighted by atomic mass is 79.9. The predicted molar refractivity (Wildman–Crippen MR) is 195 cm³/mol. The fourth-order valence-corrected chi connectivity index (χ4v) is 8.66. The van der Waals surface area contributed by atoms with Crippen LogP contribution in [0.2, 0.25) is 0 Å². The van der Waals surface area contributed by atoms with Crippen molar-refractivity contribution in [2.45, 2.75) is 49.1 Å². The van der Waals surface area contributed by atoms with Crippen LogP contribution in [-0.2, 0) is 35.1 Å². The van der Waals surface area contributed by atoms with Crippen LogP contribution in [0.4, 0.5) is 5.69 Å². The number of ether oxygens (including phenoxy) is 3. The molecule has 5 bridgehead atoms. The molecule has 2 fully saturated rings. The van der Waals surface area contributed by atoms with E-state index in [1.807, 2.05) is 66.7 Å². The summed E-state index contributed by atoms with van der Waals surface area (Å²) in [5.74, 6) is -3.32. The van der Waals surface area contributed by atoms with Gasteiger partial charge in [0.1, 0.15) is 30.1 Å². The van der Waals surface area contributed by atoms with Gasteiger partial charge >= 0.3 is 5.97 Å². The Kier molecular flexibility index (Phi) is 10.3. The molecule has 0 radical (unpaired) electrons. The fraction of sp³-hybridized carbons (Fsp3) is 0.350. The van der Waals surface area contributed by atoms with Gasteiger partial charge in [-0.1, -0.05) is 88.7 Å². The van der Waals surface area contributed by atoms with Crippen molar-refractivity contribution in [3.63, 3.8) is 0 Å². The smallest absolute Gasteiger partial charge is 0.306 e.